The molecule has 0 radical (unpaired) electrons. The van der Waals surface area contributed by atoms with Crippen LogP contribution in [0, 0.1) is 0 Å². The molecular weight excluding hydrogens is 526 g/mol. The number of carbonyl (C=O) groups excluding carboxylic acids is 5. The summed E-state index contributed by atoms with van der Waals surface area (Å²) in [6.45, 7) is 1.11. The number of benzene rings is 2. The first-order chi connectivity index (χ1) is 19.7. The van der Waals surface area contributed by atoms with Crippen molar-refractivity contribution in [2.45, 2.75) is 32.0 Å². The Bertz CT molecular complexity index is 1560. The minimum atomic E-state index is -1.10. The summed E-state index contributed by atoms with van der Waals surface area (Å²) in [5.41, 5.74) is 2.71. The molecule has 0 fully saturated rings. The van der Waals surface area contributed by atoms with Crippen LogP contribution in [0.4, 0.5) is 0 Å². The minimum Gasteiger partial charge on any atom is -0.361 e. The minimum absolute atomic E-state index is 0.0956. The average molecular weight is 558 g/mol. The number of hydrogen-bond acceptors (Lipinski definition) is 6. The Kier molecular flexibility index (Phi) is 9.25. The lowest BCUT2D eigenvalue weighted by atomic mass is 10.0. The second-order valence-corrected chi connectivity index (χ2v) is 9.47. The van der Waals surface area contributed by atoms with Crippen LogP contribution in [0.15, 0.2) is 73.1 Å². The second-order valence-electron chi connectivity index (χ2n) is 9.47. The van der Waals surface area contributed by atoms with Crippen LogP contribution < -0.4 is 21.3 Å². The van der Waals surface area contributed by atoms with Gasteiger partial charge in [-0.05, 0) is 30.2 Å². The number of carbonyl (C=O) groups is 5. The number of aromatic amines is 1. The fourth-order valence-corrected chi connectivity index (χ4v) is 4.21. The van der Waals surface area contributed by atoms with Gasteiger partial charge in [-0.2, -0.15) is 5.10 Å². The van der Waals surface area contributed by atoms with Gasteiger partial charge in [0.25, 0.3) is 11.8 Å². The van der Waals surface area contributed by atoms with E-state index >= 15 is 0 Å². The van der Waals surface area contributed by atoms with Gasteiger partial charge in [0, 0.05) is 43.3 Å². The number of rotatable bonds is 12. The van der Waals surface area contributed by atoms with Crippen molar-refractivity contribution in [3.63, 3.8) is 0 Å². The van der Waals surface area contributed by atoms with E-state index in [1.54, 1.807) is 13.2 Å². The smallest absolute Gasteiger partial charge is 0.289 e. The number of para-hydroxylation sites is 1. The molecule has 0 aliphatic rings. The average Bonchev–Trinajstić information content (AvgIpc) is 3.60. The molecule has 0 saturated heterocycles. The number of aromatic nitrogens is 3. The number of amides is 4. The number of ketones is 1. The number of aryl methyl sites for hydroxylation is 1. The van der Waals surface area contributed by atoms with E-state index in [2.05, 4.69) is 31.3 Å². The van der Waals surface area contributed by atoms with Gasteiger partial charge in [0.1, 0.15) is 17.8 Å². The standard InChI is InChI=1S/C29H31N7O5/c1-18(34-28(40)24-12-13-33-36(24)2)26(38)35-23(14-20-16-30-22-11-7-6-10-21(20)22)27(39)32-17-25(37)29(41)31-15-19-8-4-3-5-9-19/h3-13,16,18,23,30H,14-15,17H2,1-2H3,(H,31,41)(H,32,39)(H,34,40)(H,35,38)/t18-,23?/m0/s1. The molecule has 12 nitrogen and oxygen atoms in total. The highest BCUT2D eigenvalue weighted by Gasteiger charge is 2.27. The Hall–Kier alpha value is -5.26. The van der Waals surface area contributed by atoms with Crippen molar-refractivity contribution < 1.29 is 24.0 Å². The molecule has 0 bridgehead atoms. The molecular formula is C29H31N7O5. The summed E-state index contributed by atoms with van der Waals surface area (Å²) >= 11 is 0. The van der Waals surface area contributed by atoms with Crippen molar-refractivity contribution in [2.75, 3.05) is 6.54 Å². The highest BCUT2D eigenvalue weighted by molar-refractivity contribution is 6.37. The van der Waals surface area contributed by atoms with Crippen LogP contribution in [-0.4, -0.2) is 62.8 Å². The molecule has 4 aromatic rings. The van der Waals surface area contributed by atoms with Gasteiger partial charge in [-0.25, -0.2) is 0 Å². The number of nitrogens with zero attached hydrogens (tertiary/aromatic N) is 2. The van der Waals surface area contributed by atoms with Crippen LogP contribution in [0.25, 0.3) is 10.9 Å². The molecule has 0 saturated carbocycles. The van der Waals surface area contributed by atoms with Gasteiger partial charge in [-0.1, -0.05) is 48.5 Å². The molecule has 2 aromatic heterocycles. The third kappa shape index (κ3) is 7.44. The van der Waals surface area contributed by atoms with Gasteiger partial charge in [0.15, 0.2) is 0 Å². The van der Waals surface area contributed by atoms with E-state index in [1.807, 2.05) is 54.6 Å². The molecule has 2 heterocycles. The van der Waals surface area contributed by atoms with E-state index in [4.69, 9.17) is 0 Å². The van der Waals surface area contributed by atoms with Crippen LogP contribution in [0.3, 0.4) is 0 Å². The maximum Gasteiger partial charge on any atom is 0.289 e. The zero-order chi connectivity index (χ0) is 29.4. The van der Waals surface area contributed by atoms with Crippen LogP contribution >= 0.6 is 0 Å². The number of H-pyrrole nitrogens is 1. The Morgan fingerprint density at radius 1 is 0.902 bits per heavy atom. The van der Waals surface area contributed by atoms with Crippen molar-refractivity contribution in [3.8, 4) is 0 Å². The van der Waals surface area contributed by atoms with Crippen molar-refractivity contribution in [1.29, 1.82) is 0 Å². The Morgan fingerprint density at radius 3 is 2.37 bits per heavy atom. The van der Waals surface area contributed by atoms with Gasteiger partial charge < -0.3 is 26.3 Å². The summed E-state index contributed by atoms with van der Waals surface area (Å²) in [4.78, 5) is 66.6. The van der Waals surface area contributed by atoms with Crippen LogP contribution in [0.5, 0.6) is 0 Å². The molecule has 2 aromatic carbocycles. The summed E-state index contributed by atoms with van der Waals surface area (Å²) in [5, 5.41) is 15.1. The first-order valence-corrected chi connectivity index (χ1v) is 13.0. The molecule has 41 heavy (non-hydrogen) atoms. The molecule has 212 valence electrons. The van der Waals surface area contributed by atoms with E-state index in [0.717, 1.165) is 22.0 Å². The number of Topliss-reactive ketones (excluding diaryl/α,β-unsaturated/α-hetero) is 1. The van der Waals surface area contributed by atoms with Gasteiger partial charge in [0.2, 0.25) is 17.6 Å². The lowest BCUT2D eigenvalue weighted by molar-refractivity contribution is -0.138. The third-order valence-corrected chi connectivity index (χ3v) is 6.50. The molecule has 0 aliphatic heterocycles. The highest BCUT2D eigenvalue weighted by atomic mass is 16.2. The maximum absolute atomic E-state index is 13.2. The molecule has 1 unspecified atom stereocenters. The molecule has 5 N–H and O–H groups in total. The number of nitrogens with one attached hydrogen (secondary N) is 5. The van der Waals surface area contributed by atoms with Gasteiger partial charge in [-0.3, -0.25) is 28.7 Å². The normalized spacial score (nSPS) is 12.2. The quantitative estimate of drug-likeness (QED) is 0.161. The first-order valence-electron chi connectivity index (χ1n) is 13.0. The van der Waals surface area contributed by atoms with Gasteiger partial charge in [-0.15, -0.1) is 0 Å². The fourth-order valence-electron chi connectivity index (χ4n) is 4.21. The monoisotopic (exact) mass is 557 g/mol. The lowest BCUT2D eigenvalue weighted by Gasteiger charge is -2.21. The third-order valence-electron chi connectivity index (χ3n) is 6.50. The fraction of sp³-hybridized carbons (Fsp3) is 0.241. The largest absolute Gasteiger partial charge is 0.361 e. The Balaban J connectivity index is 1.40. The van der Waals surface area contributed by atoms with Crippen molar-refractivity contribution in [2.24, 2.45) is 7.05 Å². The molecule has 0 aliphatic carbocycles. The van der Waals surface area contributed by atoms with Crippen LogP contribution in [-0.2, 0) is 39.2 Å². The maximum atomic E-state index is 13.2. The van der Waals surface area contributed by atoms with Crippen molar-refractivity contribution >= 4 is 40.3 Å². The molecule has 2 atom stereocenters. The van der Waals surface area contributed by atoms with Gasteiger partial charge in [0.05, 0.1) is 6.54 Å². The van der Waals surface area contributed by atoms with E-state index in [1.165, 1.54) is 23.9 Å². The Morgan fingerprint density at radius 2 is 1.63 bits per heavy atom. The van der Waals surface area contributed by atoms with E-state index < -0.39 is 48.0 Å². The molecule has 4 amide bonds. The number of hydrogen-bond donors (Lipinski definition) is 5. The number of fused-ring (bicyclic) bond motifs is 1. The summed E-state index contributed by atoms with van der Waals surface area (Å²) in [6, 6.07) is 16.0. The topological polar surface area (TPSA) is 167 Å². The predicted molar refractivity (Wildman–Crippen MR) is 150 cm³/mol. The zero-order valence-electron chi connectivity index (χ0n) is 22.6. The van der Waals surface area contributed by atoms with E-state index in [-0.39, 0.29) is 18.7 Å². The van der Waals surface area contributed by atoms with E-state index in [0.29, 0.717) is 0 Å². The van der Waals surface area contributed by atoms with Crippen LogP contribution in [0.2, 0.25) is 0 Å². The predicted octanol–water partition coefficient (Wildman–Crippen LogP) is 0.749. The summed E-state index contributed by atoms with van der Waals surface area (Å²) in [6.07, 6.45) is 3.30. The SMILES string of the molecule is C[C@H](NC(=O)c1ccnn1C)C(=O)NC(Cc1c[nH]c2ccccc12)C(=O)NCC(=O)C(=O)NCc1ccccc1. The van der Waals surface area contributed by atoms with E-state index in [9.17, 15) is 24.0 Å². The van der Waals surface area contributed by atoms with Gasteiger partial charge >= 0.3 is 0 Å². The highest BCUT2D eigenvalue weighted by Crippen LogP contribution is 2.19. The Labute approximate surface area is 235 Å². The molecule has 0 spiro atoms. The van der Waals surface area contributed by atoms with Crippen LogP contribution in [0.1, 0.15) is 28.5 Å². The molecule has 12 heteroatoms. The van der Waals surface area contributed by atoms with Crippen molar-refractivity contribution in [3.05, 3.63) is 89.9 Å². The summed E-state index contributed by atoms with van der Waals surface area (Å²) in [5.74, 6) is -3.43. The first kappa shape index (κ1) is 28.7. The lowest BCUT2D eigenvalue weighted by Crippen LogP contribution is -2.54. The molecule has 4 rings (SSSR count). The second kappa shape index (κ2) is 13.2. The summed E-state index contributed by atoms with van der Waals surface area (Å²) < 4.78 is 1.38. The summed E-state index contributed by atoms with van der Waals surface area (Å²) in [7, 11) is 1.60. The zero-order valence-corrected chi connectivity index (χ0v) is 22.6. The van der Waals surface area contributed by atoms with Crippen molar-refractivity contribution in [1.82, 2.24) is 36.0 Å².